The Bertz CT molecular complexity index is 1250. The molecule has 11 heteroatoms. The first-order chi connectivity index (χ1) is 16.2. The van der Waals surface area contributed by atoms with Gasteiger partial charge in [-0.15, -0.1) is 11.3 Å². The molecule has 0 amide bonds. The summed E-state index contributed by atoms with van der Waals surface area (Å²) in [6.07, 6.45) is 3.50. The minimum atomic E-state index is -0.549. The zero-order chi connectivity index (χ0) is 24.5. The van der Waals surface area contributed by atoms with Crippen LogP contribution in [0.1, 0.15) is 31.1 Å². The number of nitrogens with one attached hydrogen (secondary N) is 1. The number of anilines is 1. The van der Waals surface area contributed by atoms with E-state index in [9.17, 15) is 14.4 Å². The van der Waals surface area contributed by atoms with Gasteiger partial charge in [-0.05, 0) is 32.9 Å². The lowest BCUT2D eigenvalue weighted by atomic mass is 10.2. The Morgan fingerprint density at radius 2 is 2.12 bits per heavy atom. The molecule has 1 fully saturated rings. The number of aromatic nitrogens is 3. The number of nitrogens with zero attached hydrogens (tertiary/aromatic N) is 4. The lowest BCUT2D eigenvalue weighted by Crippen LogP contribution is -2.44. The molecule has 4 rings (SSSR count). The number of carbonyl (C=O) groups excluding carboxylic acids is 2. The first kappa shape index (κ1) is 24.0. The van der Waals surface area contributed by atoms with Crippen molar-refractivity contribution < 1.29 is 19.1 Å². The molecule has 3 aromatic rings. The second kappa shape index (κ2) is 9.61. The number of fused-ring (bicyclic) bond motifs is 1. The molecule has 1 aliphatic rings. The van der Waals surface area contributed by atoms with Crippen molar-refractivity contribution in [3.05, 3.63) is 45.7 Å². The molecule has 0 aromatic carbocycles. The molecule has 1 saturated heterocycles. The molecule has 0 saturated carbocycles. The lowest BCUT2D eigenvalue weighted by molar-refractivity contribution is -0.153. The van der Waals surface area contributed by atoms with E-state index in [2.05, 4.69) is 10.3 Å². The predicted octanol–water partition coefficient (Wildman–Crippen LogP) is 1.79. The van der Waals surface area contributed by atoms with Crippen LogP contribution in [0.2, 0.25) is 0 Å². The Morgan fingerprint density at radius 3 is 2.76 bits per heavy atom. The molecule has 10 nitrogen and oxygen atoms in total. The maximum atomic E-state index is 12.7. The first-order valence-corrected chi connectivity index (χ1v) is 11.7. The van der Waals surface area contributed by atoms with Gasteiger partial charge in [0.15, 0.2) is 17.1 Å². The highest BCUT2D eigenvalue weighted by atomic mass is 32.1. The van der Waals surface area contributed by atoms with Gasteiger partial charge in [0.2, 0.25) is 5.43 Å². The summed E-state index contributed by atoms with van der Waals surface area (Å²) >= 11 is 1.38. The lowest BCUT2D eigenvalue weighted by Gasteiger charge is -2.22. The summed E-state index contributed by atoms with van der Waals surface area (Å²) in [5.41, 5.74) is -0.455. The van der Waals surface area contributed by atoms with Gasteiger partial charge in [-0.3, -0.25) is 24.3 Å². The topological polar surface area (TPSA) is 116 Å². The van der Waals surface area contributed by atoms with Gasteiger partial charge in [0, 0.05) is 38.0 Å². The van der Waals surface area contributed by atoms with E-state index in [1.54, 1.807) is 30.0 Å². The smallest absolute Gasteiger partial charge is 0.320 e. The molecule has 4 heterocycles. The number of aldehydes is 1. The number of rotatable bonds is 7. The quantitative estimate of drug-likeness (QED) is 0.395. The SMILES string of the molecule is CO[C@@H]1CN(c2ccc3c(=O)c(C=O)cn(-c4nccs4)c3n2)C[C@H]1NCC(=O)OC(C)(C)C. The van der Waals surface area contributed by atoms with Gasteiger partial charge in [0.1, 0.15) is 11.4 Å². The van der Waals surface area contributed by atoms with Crippen LogP contribution in [-0.2, 0) is 14.3 Å². The van der Waals surface area contributed by atoms with Gasteiger partial charge in [0.05, 0.1) is 29.6 Å². The number of methoxy groups -OCH3 is 1. The minimum Gasteiger partial charge on any atom is -0.459 e. The van der Waals surface area contributed by atoms with Crippen LogP contribution in [0.4, 0.5) is 5.82 Å². The number of carbonyl (C=O) groups is 2. The summed E-state index contributed by atoms with van der Waals surface area (Å²) in [5.74, 6) is 0.322. The molecule has 1 N–H and O–H groups in total. The second-order valence-electron chi connectivity index (χ2n) is 9.01. The van der Waals surface area contributed by atoms with Crippen LogP contribution in [0.3, 0.4) is 0 Å². The van der Waals surface area contributed by atoms with Gasteiger partial charge < -0.3 is 14.4 Å². The summed E-state index contributed by atoms with van der Waals surface area (Å²) < 4.78 is 12.7. The van der Waals surface area contributed by atoms with Gasteiger partial charge in [-0.2, -0.15) is 0 Å². The van der Waals surface area contributed by atoms with E-state index in [1.165, 1.54) is 17.5 Å². The normalized spacial score (nSPS) is 18.4. The third-order valence-electron chi connectivity index (χ3n) is 5.44. The number of hydrogen-bond donors (Lipinski definition) is 1. The third kappa shape index (κ3) is 5.01. The zero-order valence-electron chi connectivity index (χ0n) is 19.5. The van der Waals surface area contributed by atoms with Gasteiger partial charge in [-0.1, -0.05) is 0 Å². The predicted molar refractivity (Wildman–Crippen MR) is 129 cm³/mol. The van der Waals surface area contributed by atoms with Crippen molar-refractivity contribution in [2.45, 2.75) is 38.5 Å². The molecule has 2 atom stereocenters. The standard InChI is InChI=1S/C23H27N5O5S/c1-23(2,3)33-19(30)9-25-16-11-27(12-17(16)32-4)18-6-5-15-20(31)14(13-29)10-28(21(15)26-18)22-24-7-8-34-22/h5-8,10,13,16-17,25H,9,11-12H2,1-4H3/t16-,17-/m1/s1. The van der Waals surface area contributed by atoms with Crippen LogP contribution in [-0.4, -0.2) is 71.3 Å². The second-order valence-corrected chi connectivity index (χ2v) is 9.88. The Labute approximate surface area is 200 Å². The summed E-state index contributed by atoms with van der Waals surface area (Å²) in [4.78, 5) is 47.4. The maximum Gasteiger partial charge on any atom is 0.320 e. The van der Waals surface area contributed by atoms with E-state index in [0.717, 1.165) is 0 Å². The number of esters is 1. The van der Waals surface area contributed by atoms with E-state index in [-0.39, 0.29) is 35.7 Å². The van der Waals surface area contributed by atoms with E-state index in [1.807, 2.05) is 31.1 Å². The van der Waals surface area contributed by atoms with Crippen LogP contribution in [0.25, 0.3) is 16.2 Å². The monoisotopic (exact) mass is 485 g/mol. The molecule has 180 valence electrons. The average molecular weight is 486 g/mol. The van der Waals surface area contributed by atoms with Crippen molar-refractivity contribution in [3.8, 4) is 5.13 Å². The Balaban J connectivity index is 1.61. The summed E-state index contributed by atoms with van der Waals surface area (Å²) in [5, 5.41) is 5.98. The fourth-order valence-corrected chi connectivity index (χ4v) is 4.56. The molecule has 1 aliphatic heterocycles. The Hall–Kier alpha value is -3.15. The Kier molecular flexibility index (Phi) is 6.78. The fourth-order valence-electron chi connectivity index (χ4n) is 3.94. The highest BCUT2D eigenvalue weighted by Crippen LogP contribution is 2.24. The van der Waals surface area contributed by atoms with Crippen LogP contribution in [0.15, 0.2) is 34.7 Å². The van der Waals surface area contributed by atoms with E-state index in [4.69, 9.17) is 14.5 Å². The van der Waals surface area contributed by atoms with Crippen LogP contribution < -0.4 is 15.6 Å². The molecule has 0 radical (unpaired) electrons. The summed E-state index contributed by atoms with van der Waals surface area (Å²) in [6, 6.07) is 3.32. The molecular weight excluding hydrogens is 458 g/mol. The fraction of sp³-hybridized carbons (Fsp3) is 0.435. The van der Waals surface area contributed by atoms with Crippen molar-refractivity contribution in [3.63, 3.8) is 0 Å². The molecule has 0 spiro atoms. The largest absolute Gasteiger partial charge is 0.459 e. The maximum absolute atomic E-state index is 12.7. The molecule has 0 unspecified atom stereocenters. The van der Waals surface area contributed by atoms with Gasteiger partial charge in [0.25, 0.3) is 0 Å². The highest BCUT2D eigenvalue weighted by molar-refractivity contribution is 7.12. The van der Waals surface area contributed by atoms with Crippen molar-refractivity contribution >= 4 is 40.4 Å². The van der Waals surface area contributed by atoms with Crippen molar-refractivity contribution in [2.75, 3.05) is 31.6 Å². The third-order valence-corrected chi connectivity index (χ3v) is 6.21. The van der Waals surface area contributed by atoms with Crippen molar-refractivity contribution in [1.29, 1.82) is 0 Å². The molecule has 0 aliphatic carbocycles. The van der Waals surface area contributed by atoms with Gasteiger partial charge in [-0.25, -0.2) is 9.97 Å². The minimum absolute atomic E-state index is 0.0456. The summed E-state index contributed by atoms with van der Waals surface area (Å²) in [7, 11) is 1.63. The van der Waals surface area contributed by atoms with Crippen molar-refractivity contribution in [1.82, 2.24) is 19.9 Å². The zero-order valence-corrected chi connectivity index (χ0v) is 20.3. The molecule has 34 heavy (non-hydrogen) atoms. The molecular formula is C23H27N5O5S. The first-order valence-electron chi connectivity index (χ1n) is 10.8. The Morgan fingerprint density at radius 1 is 1.32 bits per heavy atom. The highest BCUT2D eigenvalue weighted by Gasteiger charge is 2.34. The van der Waals surface area contributed by atoms with Crippen LogP contribution >= 0.6 is 11.3 Å². The van der Waals surface area contributed by atoms with Gasteiger partial charge >= 0.3 is 5.97 Å². The van der Waals surface area contributed by atoms with Crippen LogP contribution in [0.5, 0.6) is 0 Å². The number of hydrogen-bond acceptors (Lipinski definition) is 10. The molecule has 3 aromatic heterocycles. The van der Waals surface area contributed by atoms with E-state index < -0.39 is 5.60 Å². The number of pyridine rings is 2. The number of ether oxygens (including phenoxy) is 2. The van der Waals surface area contributed by atoms with Crippen LogP contribution in [0, 0.1) is 0 Å². The summed E-state index contributed by atoms with van der Waals surface area (Å²) in [6.45, 7) is 6.65. The number of thiazole rings is 1. The average Bonchev–Trinajstić information content (AvgIpc) is 3.47. The van der Waals surface area contributed by atoms with E-state index in [0.29, 0.717) is 41.4 Å². The van der Waals surface area contributed by atoms with Crippen molar-refractivity contribution in [2.24, 2.45) is 0 Å². The van der Waals surface area contributed by atoms with E-state index >= 15 is 0 Å². The molecule has 0 bridgehead atoms.